The fourth-order valence-corrected chi connectivity index (χ4v) is 11.1. The zero-order valence-corrected chi connectivity index (χ0v) is 35.5. The molecule has 13 aromatic rings. The van der Waals surface area contributed by atoms with Crippen LogP contribution in [0.15, 0.2) is 235 Å². The van der Waals surface area contributed by atoms with Gasteiger partial charge in [0.25, 0.3) is 0 Å². The number of nitrogens with zero attached hydrogens (tertiary/aromatic N) is 2. The Morgan fingerprint density at radius 3 is 1.73 bits per heavy atom. The lowest BCUT2D eigenvalue weighted by Gasteiger charge is -2.26. The summed E-state index contributed by atoms with van der Waals surface area (Å²) in [4.78, 5) is 4.68. The normalized spacial score (nSPS) is 11.8. The van der Waals surface area contributed by atoms with E-state index in [9.17, 15) is 0 Å². The van der Waals surface area contributed by atoms with Gasteiger partial charge in [0.1, 0.15) is 5.58 Å². The highest BCUT2D eigenvalue weighted by Crippen LogP contribution is 2.48. The maximum atomic E-state index is 6.55. The largest absolute Gasteiger partial charge is 0.454 e. The van der Waals surface area contributed by atoms with Crippen LogP contribution in [0.1, 0.15) is 0 Å². The van der Waals surface area contributed by atoms with Crippen LogP contribution >= 0.6 is 11.3 Å². The Kier molecular flexibility index (Phi) is 8.40. The summed E-state index contributed by atoms with van der Waals surface area (Å²) in [5, 5.41) is 12.4. The van der Waals surface area contributed by atoms with Gasteiger partial charge in [0.15, 0.2) is 5.58 Å². The lowest BCUT2D eigenvalue weighted by molar-refractivity contribution is 0.669. The summed E-state index contributed by atoms with van der Waals surface area (Å²) in [5.41, 5.74) is 10.7. The fraction of sp³-hybridized carbons (Fsp3) is 0. The summed E-state index contributed by atoms with van der Waals surface area (Å²) >= 11 is 1.90. The first-order valence-corrected chi connectivity index (χ1v) is 22.6. The number of hydrogen-bond acceptors (Lipinski definition) is 4. The van der Waals surface area contributed by atoms with Gasteiger partial charge in [-0.05, 0) is 117 Å². The molecule has 0 unspecified atom stereocenters. The van der Waals surface area contributed by atoms with Crippen LogP contribution in [0.3, 0.4) is 0 Å². The molecule has 0 bridgehead atoms. The lowest BCUT2D eigenvalue weighted by atomic mass is 9.94. The Bertz CT molecular complexity index is 3910. The van der Waals surface area contributed by atoms with Gasteiger partial charge in [0.2, 0.25) is 0 Å². The van der Waals surface area contributed by atoms with Crippen LogP contribution in [0.4, 0.5) is 34.1 Å². The highest BCUT2D eigenvalue weighted by Gasteiger charge is 2.21. The summed E-state index contributed by atoms with van der Waals surface area (Å²) in [7, 11) is 0. The summed E-state index contributed by atoms with van der Waals surface area (Å²) < 4.78 is 9.14. The van der Waals surface area contributed by atoms with Crippen LogP contribution in [0, 0.1) is 0 Å². The molecule has 0 radical (unpaired) electrons. The quantitative estimate of drug-likeness (QED) is 0.149. The second-order valence-electron chi connectivity index (χ2n) is 16.5. The van der Waals surface area contributed by atoms with Gasteiger partial charge in [0.05, 0.1) is 5.69 Å². The van der Waals surface area contributed by atoms with Crippen molar-refractivity contribution in [2.24, 2.45) is 0 Å². The van der Waals surface area contributed by atoms with Crippen LogP contribution in [-0.4, -0.2) is 0 Å². The number of anilines is 6. The van der Waals surface area contributed by atoms with Crippen molar-refractivity contribution in [2.75, 3.05) is 9.80 Å². The number of hydrogen-bond donors (Lipinski definition) is 0. The predicted octanol–water partition coefficient (Wildman–Crippen LogP) is 18.0. The average Bonchev–Trinajstić information content (AvgIpc) is 3.95. The van der Waals surface area contributed by atoms with Gasteiger partial charge < -0.3 is 14.2 Å². The third-order valence-corrected chi connectivity index (χ3v) is 14.0. The number of rotatable bonds is 7. The third-order valence-electron chi connectivity index (χ3n) is 12.8. The van der Waals surface area contributed by atoms with E-state index < -0.39 is 0 Å². The Morgan fingerprint density at radius 1 is 0.328 bits per heavy atom. The van der Waals surface area contributed by atoms with Crippen molar-refractivity contribution in [1.82, 2.24) is 0 Å². The lowest BCUT2D eigenvalue weighted by Crippen LogP contribution is -2.10. The fourth-order valence-electron chi connectivity index (χ4n) is 9.82. The maximum Gasteiger partial charge on any atom is 0.159 e. The summed E-state index contributed by atoms with van der Waals surface area (Å²) in [6.07, 6.45) is 0. The number of para-hydroxylation sites is 4. The predicted molar refractivity (Wildman–Crippen MR) is 274 cm³/mol. The minimum absolute atomic E-state index is 0.875. The second kappa shape index (κ2) is 14.7. The molecular weight excluding hydrogens is 797 g/mol. The first-order valence-electron chi connectivity index (χ1n) is 21.7. The molecule has 0 fully saturated rings. The van der Waals surface area contributed by atoms with Crippen LogP contribution in [0.2, 0.25) is 0 Å². The van der Waals surface area contributed by atoms with Gasteiger partial charge in [0, 0.05) is 64.8 Å². The standard InChI is InChI=1S/C60H38N2OS/c1-3-16-43(17-4-1)61(46-32-28-39-14-7-8-15-41(39)36-46)47-33-35-53-57(38-47)64-60-52-34-29-42(37-54(52)48-20-9-10-22-50(48)58(53)60)40-26-30-45(31-27-40)62(44-18-5-2-6-19-44)55-24-13-23-51-49-21-11-12-25-56(49)63-59(51)55/h1-38H. The first kappa shape index (κ1) is 36.5. The Balaban J connectivity index is 0.924. The number of thiophene rings is 1. The molecule has 13 rings (SSSR count). The van der Waals surface area contributed by atoms with Crippen molar-refractivity contribution in [3.05, 3.63) is 231 Å². The molecule has 4 heteroatoms. The molecule has 0 spiro atoms. The molecule has 0 saturated heterocycles. The maximum absolute atomic E-state index is 6.55. The van der Waals surface area contributed by atoms with Gasteiger partial charge in [-0.15, -0.1) is 11.3 Å². The van der Waals surface area contributed by atoms with E-state index >= 15 is 0 Å². The van der Waals surface area contributed by atoms with E-state index in [4.69, 9.17) is 4.42 Å². The Morgan fingerprint density at radius 2 is 0.922 bits per heavy atom. The molecule has 0 aliphatic carbocycles. The number of furan rings is 1. The molecule has 2 heterocycles. The van der Waals surface area contributed by atoms with Crippen molar-refractivity contribution >= 4 is 120 Å². The highest BCUT2D eigenvalue weighted by atomic mass is 32.1. The summed E-state index contributed by atoms with van der Waals surface area (Å²) in [5.74, 6) is 0. The molecule has 11 aromatic carbocycles. The summed E-state index contributed by atoms with van der Waals surface area (Å²) in [6, 6.07) is 83.2. The van der Waals surface area contributed by atoms with Gasteiger partial charge in [-0.25, -0.2) is 0 Å². The molecule has 0 saturated carbocycles. The van der Waals surface area contributed by atoms with Crippen LogP contribution in [0.5, 0.6) is 0 Å². The van der Waals surface area contributed by atoms with Gasteiger partial charge in [-0.1, -0.05) is 152 Å². The molecule has 3 nitrogen and oxygen atoms in total. The zero-order valence-electron chi connectivity index (χ0n) is 34.7. The van der Waals surface area contributed by atoms with Crippen LogP contribution in [-0.2, 0) is 0 Å². The monoisotopic (exact) mass is 834 g/mol. The third kappa shape index (κ3) is 5.88. The molecular formula is C60H38N2OS. The smallest absolute Gasteiger partial charge is 0.159 e. The SMILES string of the molecule is c1ccc(N(c2ccc3ccccc3c2)c2ccc3c(c2)sc2c4ccc(-c5ccc(N(c6ccccc6)c6cccc7c6oc6ccccc67)cc5)cc4c4ccccc4c32)cc1. The van der Waals surface area contributed by atoms with Crippen molar-refractivity contribution in [2.45, 2.75) is 0 Å². The number of benzene rings is 11. The van der Waals surface area contributed by atoms with Crippen molar-refractivity contribution in [1.29, 1.82) is 0 Å². The molecule has 0 N–H and O–H groups in total. The Labute approximate surface area is 373 Å². The van der Waals surface area contributed by atoms with Crippen LogP contribution in [0.25, 0.3) is 85.6 Å². The van der Waals surface area contributed by atoms with Crippen molar-refractivity contribution < 1.29 is 4.42 Å². The summed E-state index contributed by atoms with van der Waals surface area (Å²) in [6.45, 7) is 0. The second-order valence-corrected chi connectivity index (χ2v) is 17.5. The average molecular weight is 835 g/mol. The molecule has 0 atom stereocenters. The first-order chi connectivity index (χ1) is 31.7. The van der Waals surface area contributed by atoms with Gasteiger partial charge in [-0.3, -0.25) is 0 Å². The molecule has 2 aromatic heterocycles. The minimum atomic E-state index is 0.875. The van der Waals surface area contributed by atoms with E-state index in [0.29, 0.717) is 0 Å². The number of fused-ring (bicyclic) bond motifs is 12. The van der Waals surface area contributed by atoms with E-state index in [2.05, 4.69) is 228 Å². The molecule has 64 heavy (non-hydrogen) atoms. The Hall–Kier alpha value is -8.18. The van der Waals surface area contributed by atoms with E-state index in [1.54, 1.807) is 0 Å². The molecule has 0 amide bonds. The highest BCUT2D eigenvalue weighted by molar-refractivity contribution is 7.27. The molecule has 300 valence electrons. The molecule has 0 aliphatic heterocycles. The van der Waals surface area contributed by atoms with E-state index in [0.717, 1.165) is 56.1 Å². The van der Waals surface area contributed by atoms with Crippen molar-refractivity contribution in [3.8, 4) is 11.1 Å². The zero-order chi connectivity index (χ0) is 42.1. The minimum Gasteiger partial charge on any atom is -0.454 e. The van der Waals surface area contributed by atoms with Gasteiger partial charge in [-0.2, -0.15) is 0 Å². The van der Waals surface area contributed by atoms with Crippen LogP contribution < -0.4 is 9.80 Å². The van der Waals surface area contributed by atoms with E-state index in [-0.39, 0.29) is 0 Å². The van der Waals surface area contributed by atoms with Crippen molar-refractivity contribution in [3.63, 3.8) is 0 Å². The topological polar surface area (TPSA) is 19.6 Å². The molecule has 0 aliphatic rings. The van der Waals surface area contributed by atoms with E-state index in [1.165, 1.54) is 63.6 Å². The van der Waals surface area contributed by atoms with Gasteiger partial charge >= 0.3 is 0 Å². The van der Waals surface area contributed by atoms with E-state index in [1.807, 2.05) is 23.5 Å².